The van der Waals surface area contributed by atoms with Gasteiger partial charge in [-0.1, -0.05) is 6.08 Å². The summed E-state index contributed by atoms with van der Waals surface area (Å²) in [7, 11) is 0. The van der Waals surface area contributed by atoms with Crippen molar-refractivity contribution in [2.75, 3.05) is 39.3 Å². The van der Waals surface area contributed by atoms with E-state index in [-0.39, 0.29) is 12.3 Å². The van der Waals surface area contributed by atoms with Gasteiger partial charge in [0.25, 0.3) is 0 Å². The number of nitrogens with two attached hydrogens (primary N) is 1. The fourth-order valence-corrected chi connectivity index (χ4v) is 2.15. The molecule has 1 heterocycles. The first kappa shape index (κ1) is 11.8. The first-order valence-electron chi connectivity index (χ1n) is 6.15. The molecule has 0 unspecified atom stereocenters. The minimum absolute atomic E-state index is 0.0108. The van der Waals surface area contributed by atoms with Gasteiger partial charge in [0.1, 0.15) is 0 Å². The Bertz CT molecular complexity index is 265. The third kappa shape index (κ3) is 3.40. The van der Waals surface area contributed by atoms with Gasteiger partial charge in [0.05, 0.1) is 6.54 Å². The van der Waals surface area contributed by atoms with Crippen LogP contribution < -0.4 is 5.73 Å². The van der Waals surface area contributed by atoms with Crippen LogP contribution in [0.15, 0.2) is 12.2 Å². The Morgan fingerprint density at radius 1 is 1.25 bits per heavy atom. The van der Waals surface area contributed by atoms with E-state index in [1.165, 1.54) is 25.9 Å². The number of nitrogens with zero attached hydrogens (tertiary/aromatic N) is 2. The van der Waals surface area contributed by atoms with E-state index in [9.17, 15) is 4.79 Å². The lowest BCUT2D eigenvalue weighted by Gasteiger charge is -2.34. The number of hydrogen-bond acceptors (Lipinski definition) is 4. The van der Waals surface area contributed by atoms with Gasteiger partial charge < -0.3 is 5.73 Å². The summed E-state index contributed by atoms with van der Waals surface area (Å²) >= 11 is 0. The van der Waals surface area contributed by atoms with Crippen molar-refractivity contribution >= 4 is 5.78 Å². The number of rotatable bonds is 5. The molecule has 16 heavy (non-hydrogen) atoms. The monoisotopic (exact) mass is 223 g/mol. The van der Waals surface area contributed by atoms with Crippen LogP contribution in [0.4, 0.5) is 0 Å². The fourth-order valence-electron chi connectivity index (χ4n) is 2.15. The molecule has 0 radical (unpaired) electrons. The molecule has 0 bridgehead atoms. The molecule has 0 amide bonds. The fraction of sp³-hybridized carbons (Fsp3) is 0.750. The van der Waals surface area contributed by atoms with Gasteiger partial charge >= 0.3 is 0 Å². The van der Waals surface area contributed by atoms with Gasteiger partial charge in [-0.2, -0.15) is 0 Å². The summed E-state index contributed by atoms with van der Waals surface area (Å²) in [6, 6.07) is 0.886. The van der Waals surface area contributed by atoms with Gasteiger partial charge in [0, 0.05) is 38.8 Å². The van der Waals surface area contributed by atoms with Crippen molar-refractivity contribution in [2.24, 2.45) is 5.73 Å². The molecule has 0 aromatic rings. The molecule has 0 atom stereocenters. The van der Waals surface area contributed by atoms with Crippen molar-refractivity contribution in [1.82, 2.24) is 9.80 Å². The predicted molar refractivity (Wildman–Crippen MR) is 64.2 cm³/mol. The normalized spacial score (nSPS) is 24.1. The molecular weight excluding hydrogens is 202 g/mol. The maximum Gasteiger partial charge on any atom is 0.168 e. The van der Waals surface area contributed by atoms with Gasteiger partial charge in [0.2, 0.25) is 0 Å². The molecule has 1 aliphatic carbocycles. The number of hydrogen-bond donors (Lipinski definition) is 1. The highest BCUT2D eigenvalue weighted by Gasteiger charge is 2.30. The van der Waals surface area contributed by atoms with Crippen LogP contribution in [0.25, 0.3) is 0 Å². The zero-order chi connectivity index (χ0) is 11.4. The van der Waals surface area contributed by atoms with Gasteiger partial charge in [-0.25, -0.2) is 0 Å². The van der Waals surface area contributed by atoms with Gasteiger partial charge in [0.15, 0.2) is 5.78 Å². The second kappa shape index (κ2) is 5.57. The minimum Gasteiger partial charge on any atom is -0.324 e. The Balaban J connectivity index is 1.64. The highest BCUT2D eigenvalue weighted by Crippen LogP contribution is 2.27. The lowest BCUT2D eigenvalue weighted by Crippen LogP contribution is -2.47. The van der Waals surface area contributed by atoms with Gasteiger partial charge in [-0.15, -0.1) is 0 Å². The molecule has 0 aromatic carbocycles. The van der Waals surface area contributed by atoms with Crippen molar-refractivity contribution in [3.05, 3.63) is 12.2 Å². The quantitative estimate of drug-likeness (QED) is 0.659. The zero-order valence-corrected chi connectivity index (χ0v) is 9.77. The molecule has 2 aliphatic rings. The van der Waals surface area contributed by atoms with Gasteiger partial charge in [-0.3, -0.25) is 14.6 Å². The Kier molecular flexibility index (Phi) is 4.09. The first-order chi connectivity index (χ1) is 7.79. The maximum atomic E-state index is 11.0. The van der Waals surface area contributed by atoms with Crippen LogP contribution in [0.3, 0.4) is 0 Å². The van der Waals surface area contributed by atoms with Crippen LogP contribution in [0, 0.1) is 0 Å². The molecular formula is C12H21N3O. The summed E-state index contributed by atoms with van der Waals surface area (Å²) in [5.74, 6) is 0.0108. The number of piperazine rings is 1. The summed E-state index contributed by atoms with van der Waals surface area (Å²) in [5, 5.41) is 0. The minimum atomic E-state index is 0.0108. The van der Waals surface area contributed by atoms with E-state index in [2.05, 4.69) is 9.80 Å². The van der Waals surface area contributed by atoms with Crippen molar-refractivity contribution in [3.8, 4) is 0 Å². The lowest BCUT2D eigenvalue weighted by atomic mass is 10.3. The number of carbonyl (C=O) groups is 1. The standard InChI is InChI=1S/C12H21N3O/c13-10-12(16)2-1-5-14-6-8-15(9-7-14)11-3-4-11/h1-2,11H,3-10,13H2/b2-1+. The Labute approximate surface area is 97.1 Å². The Morgan fingerprint density at radius 3 is 2.50 bits per heavy atom. The SMILES string of the molecule is NCC(=O)/C=C/CN1CCN(C2CC2)CC1. The average Bonchev–Trinajstić information content (AvgIpc) is 3.14. The maximum absolute atomic E-state index is 11.0. The summed E-state index contributed by atoms with van der Waals surface area (Å²) in [6.07, 6.45) is 6.32. The van der Waals surface area contributed by atoms with E-state index < -0.39 is 0 Å². The van der Waals surface area contributed by atoms with Crippen LogP contribution in [0.5, 0.6) is 0 Å². The number of ketones is 1. The van der Waals surface area contributed by atoms with Crippen molar-refractivity contribution in [3.63, 3.8) is 0 Å². The van der Waals surface area contributed by atoms with Crippen LogP contribution in [-0.4, -0.2) is 60.9 Å². The molecule has 1 aliphatic heterocycles. The zero-order valence-electron chi connectivity index (χ0n) is 9.77. The van der Waals surface area contributed by atoms with Crippen LogP contribution in [-0.2, 0) is 4.79 Å². The third-order valence-corrected chi connectivity index (χ3v) is 3.34. The smallest absolute Gasteiger partial charge is 0.168 e. The summed E-state index contributed by atoms with van der Waals surface area (Å²) in [5.41, 5.74) is 5.23. The molecule has 0 spiro atoms. The molecule has 4 nitrogen and oxygen atoms in total. The highest BCUT2D eigenvalue weighted by atomic mass is 16.1. The molecule has 2 fully saturated rings. The van der Waals surface area contributed by atoms with Crippen molar-refractivity contribution in [1.29, 1.82) is 0 Å². The first-order valence-corrected chi connectivity index (χ1v) is 6.15. The lowest BCUT2D eigenvalue weighted by molar-refractivity contribution is -0.113. The van der Waals surface area contributed by atoms with Crippen LogP contribution in [0.2, 0.25) is 0 Å². The Hall–Kier alpha value is -0.710. The highest BCUT2D eigenvalue weighted by molar-refractivity contribution is 5.91. The largest absolute Gasteiger partial charge is 0.324 e. The van der Waals surface area contributed by atoms with Crippen LogP contribution in [0.1, 0.15) is 12.8 Å². The summed E-state index contributed by atoms with van der Waals surface area (Å²) < 4.78 is 0. The topological polar surface area (TPSA) is 49.6 Å². The molecule has 1 saturated heterocycles. The molecule has 2 N–H and O–H groups in total. The van der Waals surface area contributed by atoms with Gasteiger partial charge in [-0.05, 0) is 18.9 Å². The van der Waals surface area contributed by atoms with E-state index >= 15 is 0 Å². The second-order valence-corrected chi connectivity index (χ2v) is 4.64. The Morgan fingerprint density at radius 2 is 1.94 bits per heavy atom. The second-order valence-electron chi connectivity index (χ2n) is 4.64. The summed E-state index contributed by atoms with van der Waals surface area (Å²) in [6.45, 7) is 5.61. The molecule has 0 aromatic heterocycles. The van der Waals surface area contributed by atoms with E-state index in [0.717, 1.165) is 25.7 Å². The van der Waals surface area contributed by atoms with E-state index in [4.69, 9.17) is 5.73 Å². The van der Waals surface area contributed by atoms with Crippen LogP contribution >= 0.6 is 0 Å². The van der Waals surface area contributed by atoms with E-state index in [0.29, 0.717) is 0 Å². The molecule has 90 valence electrons. The third-order valence-electron chi connectivity index (χ3n) is 3.34. The van der Waals surface area contributed by atoms with E-state index in [1.54, 1.807) is 6.08 Å². The molecule has 2 rings (SSSR count). The van der Waals surface area contributed by atoms with Crippen molar-refractivity contribution in [2.45, 2.75) is 18.9 Å². The molecule has 1 saturated carbocycles. The average molecular weight is 223 g/mol. The van der Waals surface area contributed by atoms with Crippen molar-refractivity contribution < 1.29 is 4.79 Å². The molecule has 4 heteroatoms. The predicted octanol–water partition coefficient (Wildman–Crippen LogP) is -0.150. The van der Waals surface area contributed by atoms with E-state index in [1.807, 2.05) is 6.08 Å². The number of carbonyl (C=O) groups excluding carboxylic acids is 1. The summed E-state index contributed by atoms with van der Waals surface area (Å²) in [4.78, 5) is 15.9.